The minimum atomic E-state index is 0. The predicted octanol–water partition coefficient (Wildman–Crippen LogP) is 2.72. The first-order valence-electron chi connectivity index (χ1n) is 7.96. The number of carbonyl (C=O) groups excluding carboxylic acids is 1. The number of ether oxygens (including phenoxy) is 1. The standard InChI is InChI=1S/C17H24N2O2.ClH/c1-18-14-5-4-10-19(11-14)17(20)15-6-2-3-7-16(15)21-12-13-8-9-13;/h2-3,6-7,13-14,18H,4-5,8-12H2,1H3;1H. The number of carbonyl (C=O) groups is 1. The zero-order valence-electron chi connectivity index (χ0n) is 13.1. The van der Waals surface area contributed by atoms with Gasteiger partial charge in [-0.05, 0) is 50.8 Å². The molecule has 122 valence electrons. The van der Waals surface area contributed by atoms with Gasteiger partial charge in [0.2, 0.25) is 0 Å². The van der Waals surface area contributed by atoms with E-state index in [4.69, 9.17) is 4.74 Å². The molecule has 1 N–H and O–H groups in total. The van der Waals surface area contributed by atoms with Crippen LogP contribution in [0.4, 0.5) is 0 Å². The number of rotatable bonds is 5. The second-order valence-corrected chi connectivity index (χ2v) is 6.13. The number of piperidine rings is 1. The smallest absolute Gasteiger partial charge is 0.257 e. The topological polar surface area (TPSA) is 41.6 Å². The maximum absolute atomic E-state index is 12.8. The largest absolute Gasteiger partial charge is 0.492 e. The third-order valence-electron chi connectivity index (χ3n) is 4.41. The van der Waals surface area contributed by atoms with E-state index in [9.17, 15) is 4.79 Å². The van der Waals surface area contributed by atoms with Crippen LogP contribution in [0.15, 0.2) is 24.3 Å². The summed E-state index contributed by atoms with van der Waals surface area (Å²) in [5.74, 6) is 1.53. The molecule has 1 amide bonds. The Morgan fingerprint density at radius 3 is 2.82 bits per heavy atom. The fraction of sp³-hybridized carbons (Fsp3) is 0.588. The number of nitrogens with zero attached hydrogens (tertiary/aromatic N) is 1. The molecule has 0 bridgehead atoms. The van der Waals surface area contributed by atoms with E-state index < -0.39 is 0 Å². The van der Waals surface area contributed by atoms with Crippen molar-refractivity contribution in [2.24, 2.45) is 5.92 Å². The molecule has 1 saturated heterocycles. The first-order valence-corrected chi connectivity index (χ1v) is 7.96. The molecule has 0 radical (unpaired) electrons. The lowest BCUT2D eigenvalue weighted by Crippen LogP contribution is -2.47. The van der Waals surface area contributed by atoms with Crippen molar-refractivity contribution in [2.45, 2.75) is 31.7 Å². The van der Waals surface area contributed by atoms with Gasteiger partial charge in [-0.2, -0.15) is 0 Å². The molecule has 2 fully saturated rings. The molecule has 3 rings (SSSR count). The molecule has 22 heavy (non-hydrogen) atoms. The van der Waals surface area contributed by atoms with Crippen molar-refractivity contribution in [1.29, 1.82) is 0 Å². The van der Waals surface area contributed by atoms with Gasteiger partial charge in [0, 0.05) is 19.1 Å². The van der Waals surface area contributed by atoms with Crippen molar-refractivity contribution in [1.82, 2.24) is 10.2 Å². The maximum atomic E-state index is 12.8. The zero-order valence-corrected chi connectivity index (χ0v) is 13.9. The minimum absolute atomic E-state index is 0. The van der Waals surface area contributed by atoms with Gasteiger partial charge in [0.1, 0.15) is 5.75 Å². The zero-order chi connectivity index (χ0) is 14.7. The van der Waals surface area contributed by atoms with E-state index in [2.05, 4.69) is 5.32 Å². The number of hydrogen-bond acceptors (Lipinski definition) is 3. The van der Waals surface area contributed by atoms with Crippen LogP contribution >= 0.6 is 12.4 Å². The third kappa shape index (κ3) is 4.14. The molecule has 4 nitrogen and oxygen atoms in total. The summed E-state index contributed by atoms with van der Waals surface area (Å²) >= 11 is 0. The molecular weight excluding hydrogens is 300 g/mol. The summed E-state index contributed by atoms with van der Waals surface area (Å²) in [6.07, 6.45) is 4.71. The Morgan fingerprint density at radius 2 is 2.09 bits per heavy atom. The predicted molar refractivity (Wildman–Crippen MR) is 89.9 cm³/mol. The Balaban J connectivity index is 0.00000176. The fourth-order valence-corrected chi connectivity index (χ4v) is 2.83. The lowest BCUT2D eigenvalue weighted by atomic mass is 10.0. The Labute approximate surface area is 138 Å². The SMILES string of the molecule is CNC1CCCN(C(=O)c2ccccc2OCC2CC2)C1.Cl. The highest BCUT2D eigenvalue weighted by Gasteiger charge is 2.26. The summed E-state index contributed by atoms with van der Waals surface area (Å²) in [5.41, 5.74) is 0.704. The van der Waals surface area contributed by atoms with Crippen molar-refractivity contribution in [3.63, 3.8) is 0 Å². The van der Waals surface area contributed by atoms with Crippen molar-refractivity contribution < 1.29 is 9.53 Å². The Hall–Kier alpha value is -1.26. The average molecular weight is 325 g/mol. The summed E-state index contributed by atoms with van der Waals surface area (Å²) in [5, 5.41) is 3.28. The van der Waals surface area contributed by atoms with Crippen LogP contribution in [-0.2, 0) is 0 Å². The second kappa shape index (κ2) is 7.84. The van der Waals surface area contributed by atoms with E-state index in [0.717, 1.165) is 38.3 Å². The Kier molecular flexibility index (Phi) is 6.09. The number of halogens is 1. The van der Waals surface area contributed by atoms with Gasteiger partial charge in [-0.15, -0.1) is 12.4 Å². The van der Waals surface area contributed by atoms with Gasteiger partial charge >= 0.3 is 0 Å². The minimum Gasteiger partial charge on any atom is -0.492 e. The van der Waals surface area contributed by atoms with Gasteiger partial charge in [-0.1, -0.05) is 12.1 Å². The lowest BCUT2D eigenvalue weighted by molar-refractivity contribution is 0.0693. The number of benzene rings is 1. The van der Waals surface area contributed by atoms with Crippen LogP contribution in [0.3, 0.4) is 0 Å². The van der Waals surface area contributed by atoms with Crippen LogP contribution in [0.1, 0.15) is 36.0 Å². The molecule has 1 atom stereocenters. The molecule has 1 aliphatic carbocycles. The normalized spacial score (nSPS) is 21.1. The molecule has 1 saturated carbocycles. The molecule has 1 heterocycles. The van der Waals surface area contributed by atoms with Gasteiger partial charge < -0.3 is 15.0 Å². The highest BCUT2D eigenvalue weighted by atomic mass is 35.5. The van der Waals surface area contributed by atoms with Crippen LogP contribution in [0.2, 0.25) is 0 Å². The Bertz CT molecular complexity index is 505. The van der Waals surface area contributed by atoms with Gasteiger partial charge in [-0.25, -0.2) is 0 Å². The van der Waals surface area contributed by atoms with Crippen LogP contribution in [-0.4, -0.2) is 43.6 Å². The summed E-state index contributed by atoms with van der Waals surface area (Å²) in [4.78, 5) is 14.7. The molecular formula is C17H25ClN2O2. The van der Waals surface area contributed by atoms with Crippen LogP contribution in [0.25, 0.3) is 0 Å². The number of likely N-dealkylation sites (N-methyl/N-ethyl adjacent to an activating group) is 1. The fourth-order valence-electron chi connectivity index (χ4n) is 2.83. The van der Waals surface area contributed by atoms with Crippen molar-refractivity contribution in [2.75, 3.05) is 26.7 Å². The van der Waals surface area contributed by atoms with E-state index in [-0.39, 0.29) is 18.3 Å². The van der Waals surface area contributed by atoms with Crippen molar-refractivity contribution >= 4 is 18.3 Å². The van der Waals surface area contributed by atoms with Crippen LogP contribution in [0.5, 0.6) is 5.75 Å². The Morgan fingerprint density at radius 1 is 1.32 bits per heavy atom. The maximum Gasteiger partial charge on any atom is 0.257 e. The van der Waals surface area contributed by atoms with Crippen molar-refractivity contribution in [3.8, 4) is 5.75 Å². The third-order valence-corrected chi connectivity index (χ3v) is 4.41. The van der Waals surface area contributed by atoms with Crippen LogP contribution < -0.4 is 10.1 Å². The molecule has 1 aliphatic heterocycles. The quantitative estimate of drug-likeness (QED) is 0.905. The molecule has 0 aromatic heterocycles. The van der Waals surface area contributed by atoms with E-state index >= 15 is 0 Å². The number of nitrogens with one attached hydrogen (secondary N) is 1. The number of amides is 1. The summed E-state index contributed by atoms with van der Waals surface area (Å²) in [7, 11) is 1.96. The first-order chi connectivity index (χ1) is 10.3. The molecule has 0 spiro atoms. The van der Waals surface area contributed by atoms with Gasteiger partial charge in [0.25, 0.3) is 5.91 Å². The van der Waals surface area contributed by atoms with E-state index in [1.54, 1.807) is 0 Å². The average Bonchev–Trinajstić information content (AvgIpc) is 3.37. The summed E-state index contributed by atoms with van der Waals surface area (Å²) < 4.78 is 5.86. The van der Waals surface area contributed by atoms with Crippen molar-refractivity contribution in [3.05, 3.63) is 29.8 Å². The molecule has 1 unspecified atom stereocenters. The lowest BCUT2D eigenvalue weighted by Gasteiger charge is -2.33. The van der Waals surface area contributed by atoms with Gasteiger partial charge in [0.15, 0.2) is 0 Å². The number of hydrogen-bond donors (Lipinski definition) is 1. The first kappa shape index (κ1) is 17.1. The van der Waals surface area contributed by atoms with Gasteiger partial charge in [0.05, 0.1) is 12.2 Å². The molecule has 2 aliphatic rings. The van der Waals surface area contributed by atoms with E-state index in [1.165, 1.54) is 12.8 Å². The molecule has 1 aromatic rings. The molecule has 1 aromatic carbocycles. The highest BCUT2D eigenvalue weighted by Crippen LogP contribution is 2.30. The van der Waals surface area contributed by atoms with E-state index in [0.29, 0.717) is 17.5 Å². The molecule has 5 heteroatoms. The summed E-state index contributed by atoms with van der Waals surface area (Å²) in [6.45, 7) is 2.36. The monoisotopic (exact) mass is 324 g/mol. The van der Waals surface area contributed by atoms with E-state index in [1.807, 2.05) is 36.2 Å². The number of likely N-dealkylation sites (tertiary alicyclic amines) is 1. The van der Waals surface area contributed by atoms with Crippen LogP contribution in [0, 0.1) is 5.92 Å². The van der Waals surface area contributed by atoms with Gasteiger partial charge in [-0.3, -0.25) is 4.79 Å². The summed E-state index contributed by atoms with van der Waals surface area (Å²) in [6, 6.07) is 8.05. The second-order valence-electron chi connectivity index (χ2n) is 6.13. The number of para-hydroxylation sites is 1. The highest BCUT2D eigenvalue weighted by molar-refractivity contribution is 5.97.